The van der Waals surface area contributed by atoms with Crippen molar-refractivity contribution in [3.05, 3.63) is 64.5 Å². The number of nitrogens with zero attached hydrogens (tertiary/aromatic N) is 1. The van der Waals surface area contributed by atoms with Gasteiger partial charge in [0.1, 0.15) is 0 Å². The lowest BCUT2D eigenvalue weighted by Gasteiger charge is -2.05. The average molecular weight is 254 g/mol. The Labute approximate surface area is 110 Å². The predicted molar refractivity (Wildman–Crippen MR) is 73.2 cm³/mol. The summed E-state index contributed by atoms with van der Waals surface area (Å²) in [5, 5.41) is 6.22. The Hall–Kier alpha value is -2.56. The number of H-pyrrole nitrogens is 1. The van der Waals surface area contributed by atoms with Gasteiger partial charge in [-0.15, -0.1) is 0 Å². The van der Waals surface area contributed by atoms with E-state index in [4.69, 9.17) is 0 Å². The molecule has 0 fully saturated rings. The normalized spacial score (nSPS) is 13.6. The molecular formula is C14H14N4O. The summed E-state index contributed by atoms with van der Waals surface area (Å²) in [6.45, 7) is 0.723. The topological polar surface area (TPSA) is 69.8 Å². The fourth-order valence-electron chi connectivity index (χ4n) is 2.04. The largest absolute Gasteiger partial charge is 0.372 e. The Kier molecular flexibility index (Phi) is 3.02. The summed E-state index contributed by atoms with van der Waals surface area (Å²) in [5.41, 5.74) is 3.41. The third-order valence-electron chi connectivity index (χ3n) is 3.04. The van der Waals surface area contributed by atoms with Gasteiger partial charge in [0.15, 0.2) is 0 Å². The molecule has 3 heterocycles. The molecule has 0 atom stereocenters. The van der Waals surface area contributed by atoms with Gasteiger partial charge in [-0.25, -0.2) is 0 Å². The number of allylic oxidation sites excluding steroid dienone is 1. The molecule has 2 aromatic heterocycles. The van der Waals surface area contributed by atoms with Crippen LogP contribution in [0.3, 0.4) is 0 Å². The molecule has 0 unspecified atom stereocenters. The molecule has 0 amide bonds. The fourth-order valence-corrected chi connectivity index (χ4v) is 2.04. The van der Waals surface area contributed by atoms with Gasteiger partial charge in [-0.2, -0.15) is 0 Å². The molecule has 5 nitrogen and oxygen atoms in total. The molecule has 0 radical (unpaired) electrons. The van der Waals surface area contributed by atoms with Crippen LogP contribution < -0.4 is 16.2 Å². The summed E-state index contributed by atoms with van der Waals surface area (Å²) in [6.07, 6.45) is 5.95. The van der Waals surface area contributed by atoms with Crippen LogP contribution in [0.2, 0.25) is 0 Å². The van der Waals surface area contributed by atoms with E-state index in [2.05, 4.69) is 20.6 Å². The number of hydrogen-bond donors (Lipinski definition) is 3. The van der Waals surface area contributed by atoms with Gasteiger partial charge in [0, 0.05) is 47.5 Å². The first-order valence-electron chi connectivity index (χ1n) is 6.12. The highest BCUT2D eigenvalue weighted by molar-refractivity contribution is 5.57. The van der Waals surface area contributed by atoms with E-state index in [-0.39, 0.29) is 5.56 Å². The van der Waals surface area contributed by atoms with Crippen LogP contribution in [-0.4, -0.2) is 16.6 Å². The van der Waals surface area contributed by atoms with E-state index in [0.29, 0.717) is 6.42 Å². The van der Waals surface area contributed by atoms with E-state index in [1.54, 1.807) is 12.4 Å². The number of hydrogen-bond acceptors (Lipinski definition) is 4. The van der Waals surface area contributed by atoms with E-state index in [1.807, 2.05) is 30.5 Å². The SMILES string of the molecule is O=c1[nH]c(-c2cccnc2)ccc1CC1=CNCN1. The van der Waals surface area contributed by atoms with Crippen LogP contribution in [0.5, 0.6) is 0 Å². The first kappa shape index (κ1) is 11.5. The van der Waals surface area contributed by atoms with Gasteiger partial charge in [-0.05, 0) is 18.2 Å². The van der Waals surface area contributed by atoms with Crippen molar-refractivity contribution in [2.24, 2.45) is 0 Å². The van der Waals surface area contributed by atoms with E-state index in [1.165, 1.54) is 0 Å². The van der Waals surface area contributed by atoms with Gasteiger partial charge < -0.3 is 15.6 Å². The minimum Gasteiger partial charge on any atom is -0.372 e. The zero-order valence-electron chi connectivity index (χ0n) is 10.3. The van der Waals surface area contributed by atoms with Crippen molar-refractivity contribution in [1.82, 2.24) is 20.6 Å². The minimum atomic E-state index is -0.0593. The van der Waals surface area contributed by atoms with Gasteiger partial charge >= 0.3 is 0 Å². The molecule has 0 saturated carbocycles. The van der Waals surface area contributed by atoms with Crippen LogP contribution in [0, 0.1) is 0 Å². The summed E-state index contributed by atoms with van der Waals surface area (Å²) < 4.78 is 0. The van der Waals surface area contributed by atoms with E-state index in [0.717, 1.165) is 29.2 Å². The Morgan fingerprint density at radius 3 is 2.89 bits per heavy atom. The van der Waals surface area contributed by atoms with Crippen LogP contribution in [0.15, 0.2) is 53.4 Å². The maximum absolute atomic E-state index is 12.0. The Morgan fingerprint density at radius 2 is 2.21 bits per heavy atom. The molecule has 0 bridgehead atoms. The number of aromatic nitrogens is 2. The second-order valence-corrected chi connectivity index (χ2v) is 4.37. The second kappa shape index (κ2) is 4.97. The zero-order chi connectivity index (χ0) is 13.1. The summed E-state index contributed by atoms with van der Waals surface area (Å²) in [7, 11) is 0. The number of aromatic amines is 1. The quantitative estimate of drug-likeness (QED) is 0.763. The van der Waals surface area contributed by atoms with E-state index < -0.39 is 0 Å². The lowest BCUT2D eigenvalue weighted by molar-refractivity contribution is 0.795. The fraction of sp³-hybridized carbons (Fsp3) is 0.143. The summed E-state index contributed by atoms with van der Waals surface area (Å²) in [6, 6.07) is 7.54. The molecule has 0 aliphatic carbocycles. The van der Waals surface area contributed by atoms with Gasteiger partial charge in [0.05, 0.1) is 6.67 Å². The Morgan fingerprint density at radius 1 is 1.26 bits per heavy atom. The Bertz CT molecular complexity index is 661. The van der Waals surface area contributed by atoms with Crippen molar-refractivity contribution in [3.63, 3.8) is 0 Å². The maximum atomic E-state index is 12.0. The molecular weight excluding hydrogens is 240 g/mol. The summed E-state index contributed by atoms with van der Waals surface area (Å²) in [5.74, 6) is 0. The van der Waals surface area contributed by atoms with Crippen LogP contribution in [-0.2, 0) is 6.42 Å². The number of pyridine rings is 2. The highest BCUT2D eigenvalue weighted by atomic mass is 16.1. The van der Waals surface area contributed by atoms with Crippen molar-refractivity contribution >= 4 is 0 Å². The standard InChI is InChI=1S/C14H14N4O/c19-14-10(6-12-8-16-9-17-12)3-4-13(18-14)11-2-1-5-15-7-11/h1-5,7-8,16-17H,6,9H2,(H,18,19). The van der Waals surface area contributed by atoms with Crippen molar-refractivity contribution in [2.45, 2.75) is 6.42 Å². The van der Waals surface area contributed by atoms with Crippen molar-refractivity contribution in [2.75, 3.05) is 6.67 Å². The van der Waals surface area contributed by atoms with Gasteiger partial charge in [-0.3, -0.25) is 9.78 Å². The lowest BCUT2D eigenvalue weighted by Crippen LogP contribution is -2.18. The summed E-state index contributed by atoms with van der Waals surface area (Å²) in [4.78, 5) is 19.0. The van der Waals surface area contributed by atoms with E-state index in [9.17, 15) is 4.79 Å². The molecule has 19 heavy (non-hydrogen) atoms. The van der Waals surface area contributed by atoms with Crippen LogP contribution in [0.4, 0.5) is 0 Å². The Balaban J connectivity index is 1.88. The molecule has 1 aliphatic heterocycles. The molecule has 96 valence electrons. The molecule has 5 heteroatoms. The highest BCUT2D eigenvalue weighted by Crippen LogP contribution is 2.14. The smallest absolute Gasteiger partial charge is 0.251 e. The first-order chi connectivity index (χ1) is 9.33. The monoisotopic (exact) mass is 254 g/mol. The second-order valence-electron chi connectivity index (χ2n) is 4.37. The lowest BCUT2D eigenvalue weighted by atomic mass is 10.1. The average Bonchev–Trinajstić information content (AvgIpc) is 2.95. The molecule has 0 saturated heterocycles. The number of nitrogens with one attached hydrogen (secondary N) is 3. The van der Waals surface area contributed by atoms with E-state index >= 15 is 0 Å². The maximum Gasteiger partial charge on any atom is 0.251 e. The van der Waals surface area contributed by atoms with Crippen LogP contribution in [0.1, 0.15) is 5.56 Å². The van der Waals surface area contributed by atoms with Crippen molar-refractivity contribution in [1.29, 1.82) is 0 Å². The minimum absolute atomic E-state index is 0.0593. The van der Waals surface area contributed by atoms with Crippen molar-refractivity contribution in [3.8, 4) is 11.3 Å². The molecule has 0 spiro atoms. The molecule has 3 N–H and O–H groups in total. The van der Waals surface area contributed by atoms with Gasteiger partial charge in [0.2, 0.25) is 0 Å². The molecule has 0 aromatic carbocycles. The molecule has 1 aliphatic rings. The van der Waals surface area contributed by atoms with Crippen LogP contribution >= 0.6 is 0 Å². The molecule has 3 rings (SSSR count). The third-order valence-corrected chi connectivity index (χ3v) is 3.04. The highest BCUT2D eigenvalue weighted by Gasteiger charge is 2.08. The number of rotatable bonds is 3. The van der Waals surface area contributed by atoms with Crippen LogP contribution in [0.25, 0.3) is 11.3 Å². The van der Waals surface area contributed by atoms with Gasteiger partial charge in [-0.1, -0.05) is 6.07 Å². The van der Waals surface area contributed by atoms with Gasteiger partial charge in [0.25, 0.3) is 5.56 Å². The predicted octanol–water partition coefficient (Wildman–Crippen LogP) is 0.971. The van der Waals surface area contributed by atoms with Crippen molar-refractivity contribution < 1.29 is 0 Å². The third kappa shape index (κ3) is 2.49. The zero-order valence-corrected chi connectivity index (χ0v) is 10.3. The summed E-state index contributed by atoms with van der Waals surface area (Å²) >= 11 is 0. The molecule has 2 aromatic rings. The first-order valence-corrected chi connectivity index (χ1v) is 6.12.